The fourth-order valence-electron chi connectivity index (χ4n) is 3.64. The Balaban J connectivity index is 1.48. The number of anilines is 2. The molecule has 0 spiro atoms. The summed E-state index contributed by atoms with van der Waals surface area (Å²) in [6.45, 7) is 0. The quantitative estimate of drug-likeness (QED) is 0.138. The number of para-hydroxylation sites is 2. The van der Waals surface area contributed by atoms with Crippen LogP contribution in [0.1, 0.15) is 15.9 Å². The van der Waals surface area contributed by atoms with Gasteiger partial charge in [0, 0.05) is 26.2 Å². The molecule has 4 rings (SSSR count). The third kappa shape index (κ3) is 8.08. The minimum Gasteiger partial charge on any atom is -0.496 e. The Morgan fingerprint density at radius 1 is 0.850 bits per heavy atom. The number of thioether (sulfide) groups is 1. The fraction of sp³-hybridized carbons (Fsp3) is 0.0645. The number of hydrogen-bond donors (Lipinski definition) is 3. The highest BCUT2D eigenvalue weighted by molar-refractivity contribution is 9.10. The summed E-state index contributed by atoms with van der Waals surface area (Å²) in [5.41, 5.74) is 2.30. The van der Waals surface area contributed by atoms with Gasteiger partial charge in [-0.1, -0.05) is 54.6 Å². The standard InChI is InChI=1S/C31H26BrN3O4S/c1-39-28-17-8-5-12-22(28)18-27(35-30(37)21-10-3-2-4-11-21)31(38)33-23-13-9-14-24(19-23)40-20-29(36)34-26-16-7-6-15-25(26)32/h2-19H,20H2,1H3,(H,33,38)(H,34,36)(H,35,37)/b27-18+. The summed E-state index contributed by atoms with van der Waals surface area (Å²) in [5, 5.41) is 8.45. The lowest BCUT2D eigenvalue weighted by Crippen LogP contribution is -2.30. The van der Waals surface area contributed by atoms with Gasteiger partial charge in [0.2, 0.25) is 5.91 Å². The summed E-state index contributed by atoms with van der Waals surface area (Å²) in [6, 6.07) is 30.4. The Morgan fingerprint density at radius 3 is 2.35 bits per heavy atom. The van der Waals surface area contributed by atoms with E-state index in [0.717, 1.165) is 9.37 Å². The molecule has 0 bridgehead atoms. The molecule has 0 unspecified atom stereocenters. The molecule has 0 aliphatic heterocycles. The fourth-order valence-corrected chi connectivity index (χ4v) is 4.78. The third-order valence-electron chi connectivity index (χ3n) is 5.58. The van der Waals surface area contributed by atoms with Crippen molar-refractivity contribution < 1.29 is 19.1 Å². The molecule has 0 atom stereocenters. The number of carbonyl (C=O) groups is 3. The van der Waals surface area contributed by atoms with Crippen LogP contribution in [0.15, 0.2) is 118 Å². The zero-order valence-electron chi connectivity index (χ0n) is 21.5. The van der Waals surface area contributed by atoms with Gasteiger partial charge in [0.1, 0.15) is 11.4 Å². The van der Waals surface area contributed by atoms with Gasteiger partial charge in [0.05, 0.1) is 18.6 Å². The molecule has 40 heavy (non-hydrogen) atoms. The molecule has 202 valence electrons. The van der Waals surface area contributed by atoms with Crippen LogP contribution in [0.2, 0.25) is 0 Å². The van der Waals surface area contributed by atoms with Crippen LogP contribution < -0.4 is 20.7 Å². The Bertz CT molecular complexity index is 1540. The number of rotatable bonds is 10. The van der Waals surface area contributed by atoms with E-state index in [0.29, 0.717) is 28.3 Å². The Hall–Kier alpha value is -4.34. The third-order valence-corrected chi connectivity index (χ3v) is 7.26. The number of ether oxygens (including phenoxy) is 1. The van der Waals surface area contributed by atoms with Gasteiger partial charge in [-0.2, -0.15) is 0 Å². The van der Waals surface area contributed by atoms with Crippen LogP contribution in [-0.4, -0.2) is 30.6 Å². The average Bonchev–Trinajstić information content (AvgIpc) is 2.98. The summed E-state index contributed by atoms with van der Waals surface area (Å²) in [4.78, 5) is 39.5. The van der Waals surface area contributed by atoms with Crippen molar-refractivity contribution in [3.05, 3.63) is 124 Å². The molecule has 0 radical (unpaired) electrons. The van der Waals surface area contributed by atoms with Crippen LogP contribution in [0.5, 0.6) is 5.75 Å². The second-order valence-electron chi connectivity index (χ2n) is 8.42. The van der Waals surface area contributed by atoms with Gasteiger partial charge in [0.15, 0.2) is 0 Å². The van der Waals surface area contributed by atoms with Gasteiger partial charge < -0.3 is 20.7 Å². The lowest BCUT2D eigenvalue weighted by molar-refractivity contribution is -0.114. The molecule has 7 nitrogen and oxygen atoms in total. The molecule has 0 heterocycles. The number of benzene rings is 4. The first-order valence-electron chi connectivity index (χ1n) is 12.2. The molecule has 0 aliphatic carbocycles. The molecule has 0 saturated heterocycles. The first kappa shape index (κ1) is 28.7. The molecular weight excluding hydrogens is 590 g/mol. The van der Waals surface area contributed by atoms with Gasteiger partial charge in [-0.3, -0.25) is 14.4 Å². The molecule has 0 aromatic heterocycles. The van der Waals surface area contributed by atoms with E-state index in [1.165, 1.54) is 18.9 Å². The van der Waals surface area contributed by atoms with Gasteiger partial charge in [0.25, 0.3) is 11.8 Å². The van der Waals surface area contributed by atoms with E-state index < -0.39 is 11.8 Å². The lowest BCUT2D eigenvalue weighted by atomic mass is 10.1. The molecule has 3 N–H and O–H groups in total. The second kappa shape index (κ2) is 14.2. The maximum atomic E-state index is 13.4. The van der Waals surface area contributed by atoms with Crippen LogP contribution in [0.4, 0.5) is 11.4 Å². The van der Waals surface area contributed by atoms with Crippen LogP contribution in [0.25, 0.3) is 6.08 Å². The normalized spacial score (nSPS) is 10.9. The van der Waals surface area contributed by atoms with E-state index in [9.17, 15) is 14.4 Å². The largest absolute Gasteiger partial charge is 0.496 e. The summed E-state index contributed by atoms with van der Waals surface area (Å²) >= 11 is 4.76. The van der Waals surface area contributed by atoms with Crippen molar-refractivity contribution in [3.8, 4) is 5.75 Å². The van der Waals surface area contributed by atoms with Gasteiger partial charge >= 0.3 is 0 Å². The number of nitrogens with one attached hydrogen (secondary N) is 3. The SMILES string of the molecule is COc1ccccc1/C=C(/NC(=O)c1ccccc1)C(=O)Nc1cccc(SCC(=O)Nc2ccccc2Br)c1. The van der Waals surface area contributed by atoms with Gasteiger partial charge in [-0.05, 0) is 70.5 Å². The molecule has 3 amide bonds. The number of hydrogen-bond acceptors (Lipinski definition) is 5. The van der Waals surface area contributed by atoms with Crippen molar-refractivity contribution in [2.24, 2.45) is 0 Å². The number of methoxy groups -OCH3 is 1. The monoisotopic (exact) mass is 615 g/mol. The molecule has 9 heteroatoms. The topological polar surface area (TPSA) is 96.5 Å². The molecule has 4 aromatic rings. The minimum absolute atomic E-state index is 0.0456. The maximum absolute atomic E-state index is 13.4. The van der Waals surface area contributed by atoms with Gasteiger partial charge in [-0.25, -0.2) is 0 Å². The highest BCUT2D eigenvalue weighted by atomic mass is 79.9. The summed E-state index contributed by atoms with van der Waals surface area (Å²) in [5.74, 6) is -0.343. The van der Waals surface area contributed by atoms with Crippen LogP contribution in [0.3, 0.4) is 0 Å². The van der Waals surface area contributed by atoms with Crippen molar-refractivity contribution >= 4 is 62.9 Å². The van der Waals surface area contributed by atoms with E-state index in [-0.39, 0.29) is 17.4 Å². The Morgan fingerprint density at radius 2 is 1.57 bits per heavy atom. The maximum Gasteiger partial charge on any atom is 0.272 e. The highest BCUT2D eigenvalue weighted by Crippen LogP contribution is 2.25. The molecule has 0 saturated carbocycles. The minimum atomic E-state index is -0.510. The average molecular weight is 617 g/mol. The van der Waals surface area contributed by atoms with Crippen LogP contribution in [-0.2, 0) is 9.59 Å². The molecule has 0 aliphatic rings. The smallest absolute Gasteiger partial charge is 0.272 e. The number of carbonyl (C=O) groups excluding carboxylic acids is 3. The van der Waals surface area contributed by atoms with Crippen molar-refractivity contribution in [2.45, 2.75) is 4.90 Å². The van der Waals surface area contributed by atoms with Crippen molar-refractivity contribution in [3.63, 3.8) is 0 Å². The van der Waals surface area contributed by atoms with Crippen molar-refractivity contribution in [2.75, 3.05) is 23.5 Å². The summed E-state index contributed by atoms with van der Waals surface area (Å²) in [7, 11) is 1.54. The van der Waals surface area contributed by atoms with Crippen LogP contribution in [0, 0.1) is 0 Å². The summed E-state index contributed by atoms with van der Waals surface area (Å²) in [6.07, 6.45) is 1.57. The van der Waals surface area contributed by atoms with Gasteiger partial charge in [-0.15, -0.1) is 11.8 Å². The van der Waals surface area contributed by atoms with E-state index >= 15 is 0 Å². The van der Waals surface area contributed by atoms with Crippen molar-refractivity contribution in [1.82, 2.24) is 5.32 Å². The zero-order valence-corrected chi connectivity index (χ0v) is 23.9. The molecule has 4 aromatic carbocycles. The first-order valence-corrected chi connectivity index (χ1v) is 14.0. The Labute approximate surface area is 245 Å². The van der Waals surface area contributed by atoms with E-state index in [2.05, 4.69) is 31.9 Å². The summed E-state index contributed by atoms with van der Waals surface area (Å²) < 4.78 is 6.21. The second-order valence-corrected chi connectivity index (χ2v) is 10.3. The van der Waals surface area contributed by atoms with Crippen molar-refractivity contribution in [1.29, 1.82) is 0 Å². The zero-order chi connectivity index (χ0) is 28.3. The Kier molecular flexibility index (Phi) is 10.1. The first-order chi connectivity index (χ1) is 19.4. The highest BCUT2D eigenvalue weighted by Gasteiger charge is 2.16. The predicted octanol–water partition coefficient (Wildman–Crippen LogP) is 6.60. The van der Waals surface area contributed by atoms with E-state index in [4.69, 9.17) is 4.74 Å². The molecular formula is C31H26BrN3O4S. The van der Waals surface area contributed by atoms with Crippen LogP contribution >= 0.6 is 27.7 Å². The number of amides is 3. The van der Waals surface area contributed by atoms with E-state index in [1.54, 1.807) is 60.7 Å². The van der Waals surface area contributed by atoms with E-state index in [1.807, 2.05) is 48.5 Å². The molecule has 0 fully saturated rings. The predicted molar refractivity (Wildman–Crippen MR) is 163 cm³/mol. The number of halogens is 1. The lowest BCUT2D eigenvalue weighted by Gasteiger charge is -2.13.